The van der Waals surface area contributed by atoms with Gasteiger partial charge < -0.3 is 19.5 Å². The minimum atomic E-state index is -0.120. The van der Waals surface area contributed by atoms with E-state index in [-0.39, 0.29) is 11.9 Å². The molecule has 2 aliphatic rings. The van der Waals surface area contributed by atoms with Crippen LogP contribution in [0.1, 0.15) is 37.7 Å². The Morgan fingerprint density at radius 1 is 1.26 bits per heavy atom. The monoisotopic (exact) mass is 319 g/mol. The van der Waals surface area contributed by atoms with Gasteiger partial charge in [0, 0.05) is 0 Å². The van der Waals surface area contributed by atoms with Crippen LogP contribution in [-0.2, 0) is 9.53 Å². The number of hydrogen-bond donors (Lipinski definition) is 1. The maximum Gasteiger partial charge on any atom is 0.306 e. The van der Waals surface area contributed by atoms with E-state index in [0.717, 1.165) is 43.0 Å². The molecule has 3 rings (SSSR count). The maximum absolute atomic E-state index is 12.1. The van der Waals surface area contributed by atoms with E-state index in [9.17, 15) is 4.79 Å². The van der Waals surface area contributed by atoms with Crippen LogP contribution in [0.2, 0.25) is 0 Å². The summed E-state index contributed by atoms with van der Waals surface area (Å²) in [5, 5.41) is 3.39. The van der Waals surface area contributed by atoms with Gasteiger partial charge in [0.1, 0.15) is 13.2 Å². The van der Waals surface area contributed by atoms with E-state index in [1.807, 2.05) is 19.1 Å². The molecule has 0 bridgehead atoms. The molecule has 5 nitrogen and oxygen atoms in total. The van der Waals surface area contributed by atoms with Crippen LogP contribution in [0, 0.1) is 5.92 Å². The summed E-state index contributed by atoms with van der Waals surface area (Å²) in [5.41, 5.74) is 1.15. The van der Waals surface area contributed by atoms with Crippen molar-refractivity contribution in [2.24, 2.45) is 5.92 Å². The normalized spacial score (nSPS) is 19.2. The molecule has 23 heavy (non-hydrogen) atoms. The summed E-state index contributed by atoms with van der Waals surface area (Å²) < 4.78 is 16.5. The predicted octanol–water partition coefficient (Wildman–Crippen LogP) is 2.49. The van der Waals surface area contributed by atoms with Gasteiger partial charge in [-0.1, -0.05) is 6.07 Å². The lowest BCUT2D eigenvalue weighted by Crippen LogP contribution is -2.32. The lowest BCUT2D eigenvalue weighted by molar-refractivity contribution is -0.144. The third-order valence-electron chi connectivity index (χ3n) is 4.64. The van der Waals surface area contributed by atoms with Gasteiger partial charge >= 0.3 is 5.97 Å². The lowest BCUT2D eigenvalue weighted by atomic mass is 9.78. The van der Waals surface area contributed by atoms with Crippen molar-refractivity contribution in [3.63, 3.8) is 0 Å². The second-order valence-electron chi connectivity index (χ2n) is 6.11. The molecule has 0 saturated carbocycles. The molecule has 1 N–H and O–H groups in total. The first kappa shape index (κ1) is 16.1. The van der Waals surface area contributed by atoms with Gasteiger partial charge in [0.15, 0.2) is 11.5 Å². The van der Waals surface area contributed by atoms with Crippen LogP contribution in [0.4, 0.5) is 0 Å². The molecule has 0 aromatic heterocycles. The van der Waals surface area contributed by atoms with Gasteiger partial charge in [-0.15, -0.1) is 0 Å². The van der Waals surface area contributed by atoms with E-state index in [2.05, 4.69) is 11.4 Å². The van der Waals surface area contributed by atoms with Crippen molar-refractivity contribution in [2.45, 2.75) is 32.1 Å². The molecule has 1 unspecified atom stereocenters. The van der Waals surface area contributed by atoms with Crippen LogP contribution in [0.15, 0.2) is 18.2 Å². The smallest absolute Gasteiger partial charge is 0.306 e. The van der Waals surface area contributed by atoms with Gasteiger partial charge in [-0.05, 0) is 62.4 Å². The quantitative estimate of drug-likeness (QED) is 0.845. The first-order chi connectivity index (χ1) is 11.3. The summed E-state index contributed by atoms with van der Waals surface area (Å²) >= 11 is 0. The molecule has 1 fully saturated rings. The van der Waals surface area contributed by atoms with Crippen molar-refractivity contribution in [3.8, 4) is 11.5 Å². The lowest BCUT2D eigenvalue weighted by Gasteiger charge is -2.31. The van der Waals surface area contributed by atoms with Crippen molar-refractivity contribution in [3.05, 3.63) is 23.8 Å². The number of benzene rings is 1. The second-order valence-corrected chi connectivity index (χ2v) is 6.11. The molecule has 0 aliphatic carbocycles. The van der Waals surface area contributed by atoms with Gasteiger partial charge in [-0.2, -0.15) is 0 Å². The molecular formula is C18H25NO4. The number of carbonyl (C=O) groups is 1. The minimum absolute atomic E-state index is 0.120. The number of carbonyl (C=O) groups excluding carboxylic acids is 1. The summed E-state index contributed by atoms with van der Waals surface area (Å²) in [4.78, 5) is 12.1. The molecular weight excluding hydrogens is 294 g/mol. The van der Waals surface area contributed by atoms with E-state index in [4.69, 9.17) is 14.2 Å². The number of fused-ring (bicyclic) bond motifs is 1. The first-order valence-electron chi connectivity index (χ1n) is 8.54. The van der Waals surface area contributed by atoms with Crippen LogP contribution >= 0.6 is 0 Å². The van der Waals surface area contributed by atoms with Crippen molar-refractivity contribution in [1.82, 2.24) is 5.32 Å². The molecule has 2 aliphatic heterocycles. The molecule has 1 saturated heterocycles. The highest BCUT2D eigenvalue weighted by atomic mass is 16.6. The van der Waals surface area contributed by atoms with E-state index in [0.29, 0.717) is 32.2 Å². The fourth-order valence-corrected chi connectivity index (χ4v) is 3.49. The van der Waals surface area contributed by atoms with Gasteiger partial charge in [0.05, 0.1) is 13.0 Å². The molecule has 5 heteroatoms. The zero-order valence-corrected chi connectivity index (χ0v) is 13.7. The number of ether oxygens (including phenoxy) is 3. The number of rotatable bonds is 5. The van der Waals surface area contributed by atoms with E-state index in [1.54, 1.807) is 0 Å². The minimum Gasteiger partial charge on any atom is -0.486 e. The Bertz CT molecular complexity index is 540. The van der Waals surface area contributed by atoms with Crippen LogP contribution < -0.4 is 14.8 Å². The Hall–Kier alpha value is -1.75. The zero-order valence-electron chi connectivity index (χ0n) is 13.7. The van der Waals surface area contributed by atoms with Gasteiger partial charge in [-0.25, -0.2) is 0 Å². The second kappa shape index (κ2) is 7.68. The van der Waals surface area contributed by atoms with Crippen molar-refractivity contribution in [1.29, 1.82) is 0 Å². The maximum atomic E-state index is 12.1. The Morgan fingerprint density at radius 3 is 2.74 bits per heavy atom. The number of nitrogens with one attached hydrogen (secondary N) is 1. The molecule has 126 valence electrons. The highest BCUT2D eigenvalue weighted by Crippen LogP contribution is 2.39. The first-order valence-corrected chi connectivity index (χ1v) is 8.54. The summed E-state index contributed by atoms with van der Waals surface area (Å²) in [5.74, 6) is 2.12. The van der Waals surface area contributed by atoms with Crippen LogP contribution in [0.5, 0.6) is 11.5 Å². The highest BCUT2D eigenvalue weighted by molar-refractivity contribution is 5.70. The Morgan fingerprint density at radius 2 is 2.00 bits per heavy atom. The number of piperidine rings is 1. The summed E-state index contributed by atoms with van der Waals surface area (Å²) in [6.45, 7) is 5.46. The van der Waals surface area contributed by atoms with Crippen molar-refractivity contribution in [2.75, 3.05) is 32.9 Å². The van der Waals surface area contributed by atoms with Gasteiger partial charge in [0.25, 0.3) is 0 Å². The molecule has 0 amide bonds. The summed E-state index contributed by atoms with van der Waals surface area (Å²) in [7, 11) is 0. The largest absolute Gasteiger partial charge is 0.486 e. The van der Waals surface area contributed by atoms with Gasteiger partial charge in [0.2, 0.25) is 0 Å². The predicted molar refractivity (Wildman–Crippen MR) is 87.0 cm³/mol. The fraction of sp³-hybridized carbons (Fsp3) is 0.611. The Labute approximate surface area is 137 Å². The van der Waals surface area contributed by atoms with E-state index in [1.165, 1.54) is 0 Å². The summed E-state index contributed by atoms with van der Waals surface area (Å²) in [6, 6.07) is 6.07. The van der Waals surface area contributed by atoms with Crippen molar-refractivity contribution < 1.29 is 19.0 Å². The molecule has 1 aromatic rings. The standard InChI is InChI=1S/C18H25NO4/c1-2-21-18(20)12-15(13-5-7-19-8-6-13)14-3-4-16-17(11-14)23-10-9-22-16/h3-4,11,13,15,19H,2,5-10,12H2,1H3. The van der Waals surface area contributed by atoms with Crippen LogP contribution in [0.25, 0.3) is 0 Å². The van der Waals surface area contributed by atoms with Crippen molar-refractivity contribution >= 4 is 5.97 Å². The average Bonchev–Trinajstić information content (AvgIpc) is 2.60. The number of esters is 1. The Balaban J connectivity index is 1.82. The molecule has 1 atom stereocenters. The number of hydrogen-bond acceptors (Lipinski definition) is 5. The zero-order chi connectivity index (χ0) is 16.1. The van der Waals surface area contributed by atoms with Crippen LogP contribution in [-0.4, -0.2) is 38.9 Å². The van der Waals surface area contributed by atoms with Gasteiger partial charge in [-0.3, -0.25) is 4.79 Å². The highest BCUT2D eigenvalue weighted by Gasteiger charge is 2.28. The Kier molecular flexibility index (Phi) is 5.39. The third-order valence-corrected chi connectivity index (χ3v) is 4.64. The van der Waals surface area contributed by atoms with E-state index >= 15 is 0 Å². The SMILES string of the molecule is CCOC(=O)CC(c1ccc2c(c1)OCCO2)C1CCNCC1. The van der Waals surface area contributed by atoms with Crippen LogP contribution in [0.3, 0.4) is 0 Å². The molecule has 1 aromatic carbocycles. The molecule has 2 heterocycles. The fourth-order valence-electron chi connectivity index (χ4n) is 3.49. The molecule has 0 radical (unpaired) electrons. The molecule has 0 spiro atoms. The van der Waals surface area contributed by atoms with E-state index < -0.39 is 0 Å². The summed E-state index contributed by atoms with van der Waals surface area (Å²) in [6.07, 6.45) is 2.59. The topological polar surface area (TPSA) is 56.8 Å². The third kappa shape index (κ3) is 3.96. The average molecular weight is 319 g/mol.